The molecule has 1 aromatic rings. The van der Waals surface area contributed by atoms with Crippen LogP contribution in [0.5, 0.6) is 0 Å². The molecule has 64 valence electrons. The van der Waals surface area contributed by atoms with Gasteiger partial charge in [0.15, 0.2) is 5.78 Å². The van der Waals surface area contributed by atoms with Gasteiger partial charge in [-0.25, -0.2) is 0 Å². The second kappa shape index (κ2) is 3.72. The van der Waals surface area contributed by atoms with Gasteiger partial charge >= 0.3 is 0 Å². The topological polar surface area (TPSA) is 17.1 Å². The molecule has 0 heterocycles. The summed E-state index contributed by atoms with van der Waals surface area (Å²) in [5, 5.41) is -0.439. The van der Waals surface area contributed by atoms with Crippen LogP contribution >= 0.6 is 11.6 Å². The summed E-state index contributed by atoms with van der Waals surface area (Å²) >= 11 is 5.69. The smallest absolute Gasteiger partial charge is 0.180 e. The van der Waals surface area contributed by atoms with Gasteiger partial charge < -0.3 is 0 Å². The number of rotatable bonds is 2. The highest BCUT2D eigenvalue weighted by Gasteiger charge is 2.13. The van der Waals surface area contributed by atoms with Crippen LogP contribution in [-0.4, -0.2) is 11.2 Å². The molecule has 0 saturated heterocycles. The standard InChI is InChI=1S/C10H11ClO/c1-7-5-3-4-6-9(7)10(12)8(2)11/h3-6,8H,1-2H3. The molecular formula is C10H11ClO. The van der Waals surface area contributed by atoms with Crippen molar-refractivity contribution in [2.24, 2.45) is 0 Å². The van der Waals surface area contributed by atoms with Gasteiger partial charge in [-0.3, -0.25) is 4.79 Å². The molecule has 1 nitrogen and oxygen atoms in total. The predicted molar refractivity (Wildman–Crippen MR) is 50.8 cm³/mol. The first kappa shape index (κ1) is 9.27. The maximum absolute atomic E-state index is 11.4. The van der Waals surface area contributed by atoms with Crippen molar-refractivity contribution >= 4 is 17.4 Å². The fourth-order valence-corrected chi connectivity index (χ4v) is 1.18. The Labute approximate surface area is 77.4 Å². The average molecular weight is 183 g/mol. The first-order chi connectivity index (χ1) is 5.63. The zero-order chi connectivity index (χ0) is 9.14. The van der Waals surface area contributed by atoms with Crippen molar-refractivity contribution in [2.45, 2.75) is 19.2 Å². The molecule has 0 N–H and O–H groups in total. The van der Waals surface area contributed by atoms with E-state index in [2.05, 4.69) is 0 Å². The van der Waals surface area contributed by atoms with E-state index in [4.69, 9.17) is 11.6 Å². The highest BCUT2D eigenvalue weighted by atomic mass is 35.5. The molecule has 0 aliphatic rings. The summed E-state index contributed by atoms with van der Waals surface area (Å²) in [6.07, 6.45) is 0. The summed E-state index contributed by atoms with van der Waals surface area (Å²) in [4.78, 5) is 11.4. The quantitative estimate of drug-likeness (QED) is 0.508. The minimum absolute atomic E-state index is 0.00485. The second-order valence-corrected chi connectivity index (χ2v) is 3.45. The van der Waals surface area contributed by atoms with Crippen molar-refractivity contribution in [3.63, 3.8) is 0 Å². The summed E-state index contributed by atoms with van der Waals surface area (Å²) in [5.74, 6) is -0.00485. The lowest BCUT2D eigenvalue weighted by molar-refractivity contribution is 0.0991. The maximum atomic E-state index is 11.4. The van der Waals surface area contributed by atoms with E-state index >= 15 is 0 Å². The third kappa shape index (κ3) is 1.86. The monoisotopic (exact) mass is 182 g/mol. The second-order valence-electron chi connectivity index (χ2n) is 2.80. The Morgan fingerprint density at radius 1 is 1.42 bits per heavy atom. The minimum atomic E-state index is -0.439. The fourth-order valence-electron chi connectivity index (χ4n) is 1.06. The Kier molecular flexibility index (Phi) is 2.88. The first-order valence-electron chi connectivity index (χ1n) is 3.87. The van der Waals surface area contributed by atoms with E-state index in [9.17, 15) is 4.79 Å². The predicted octanol–water partition coefficient (Wildman–Crippen LogP) is 2.81. The molecule has 1 unspecified atom stereocenters. The molecule has 2 heteroatoms. The Bertz CT molecular complexity index is 292. The summed E-state index contributed by atoms with van der Waals surface area (Å²) in [5.41, 5.74) is 1.70. The number of benzene rings is 1. The fraction of sp³-hybridized carbons (Fsp3) is 0.300. The van der Waals surface area contributed by atoms with Crippen LogP contribution in [0.25, 0.3) is 0 Å². The van der Waals surface area contributed by atoms with Gasteiger partial charge in [-0.1, -0.05) is 24.3 Å². The number of carbonyl (C=O) groups is 1. The average Bonchev–Trinajstić information content (AvgIpc) is 2.04. The van der Waals surface area contributed by atoms with Crippen molar-refractivity contribution in [1.82, 2.24) is 0 Å². The molecule has 1 rings (SSSR count). The normalized spacial score (nSPS) is 12.6. The Morgan fingerprint density at radius 3 is 2.50 bits per heavy atom. The van der Waals surface area contributed by atoms with Gasteiger partial charge in [0.2, 0.25) is 0 Å². The minimum Gasteiger partial charge on any atom is -0.293 e. The van der Waals surface area contributed by atoms with Crippen LogP contribution in [0.4, 0.5) is 0 Å². The van der Waals surface area contributed by atoms with Crippen molar-refractivity contribution in [1.29, 1.82) is 0 Å². The summed E-state index contributed by atoms with van der Waals surface area (Å²) in [6.45, 7) is 3.60. The molecule has 0 spiro atoms. The van der Waals surface area contributed by atoms with E-state index < -0.39 is 5.38 Å². The van der Waals surface area contributed by atoms with Crippen LogP contribution in [0.3, 0.4) is 0 Å². The van der Waals surface area contributed by atoms with Crippen LogP contribution in [0, 0.1) is 6.92 Å². The lowest BCUT2D eigenvalue weighted by Crippen LogP contribution is -2.11. The third-order valence-corrected chi connectivity index (χ3v) is 1.97. The first-order valence-corrected chi connectivity index (χ1v) is 4.30. The number of ketones is 1. The van der Waals surface area contributed by atoms with Crippen molar-refractivity contribution in [3.8, 4) is 0 Å². The molecule has 0 aliphatic carbocycles. The molecule has 0 aliphatic heterocycles. The highest BCUT2D eigenvalue weighted by Crippen LogP contribution is 2.12. The summed E-state index contributed by atoms with van der Waals surface area (Å²) in [7, 11) is 0. The lowest BCUT2D eigenvalue weighted by atomic mass is 10.0. The van der Waals surface area contributed by atoms with Crippen LogP contribution in [0.1, 0.15) is 22.8 Å². The number of aryl methyl sites for hydroxylation is 1. The Balaban J connectivity index is 3.03. The van der Waals surface area contributed by atoms with Gasteiger partial charge in [-0.2, -0.15) is 0 Å². The highest BCUT2D eigenvalue weighted by molar-refractivity contribution is 6.33. The van der Waals surface area contributed by atoms with Crippen LogP contribution in [0.15, 0.2) is 24.3 Å². The van der Waals surface area contributed by atoms with E-state index in [0.29, 0.717) is 0 Å². The van der Waals surface area contributed by atoms with Crippen molar-refractivity contribution in [3.05, 3.63) is 35.4 Å². The largest absolute Gasteiger partial charge is 0.293 e. The third-order valence-electron chi connectivity index (χ3n) is 1.77. The van der Waals surface area contributed by atoms with Crippen molar-refractivity contribution in [2.75, 3.05) is 0 Å². The van der Waals surface area contributed by atoms with Gasteiger partial charge in [-0.05, 0) is 19.4 Å². The number of Topliss-reactive ketones (excluding diaryl/α,β-unsaturated/α-hetero) is 1. The van der Waals surface area contributed by atoms with Crippen LogP contribution in [-0.2, 0) is 0 Å². The van der Waals surface area contributed by atoms with E-state index in [-0.39, 0.29) is 5.78 Å². The molecule has 0 radical (unpaired) electrons. The molecule has 0 saturated carbocycles. The van der Waals surface area contributed by atoms with Gasteiger partial charge in [0.1, 0.15) is 0 Å². The van der Waals surface area contributed by atoms with E-state index in [0.717, 1.165) is 11.1 Å². The molecule has 12 heavy (non-hydrogen) atoms. The lowest BCUT2D eigenvalue weighted by Gasteiger charge is -2.04. The molecule has 0 amide bonds. The SMILES string of the molecule is Cc1ccccc1C(=O)C(C)Cl. The van der Waals surface area contributed by atoms with E-state index in [1.165, 1.54) is 0 Å². The maximum Gasteiger partial charge on any atom is 0.180 e. The molecule has 0 bridgehead atoms. The van der Waals surface area contributed by atoms with E-state index in [1.54, 1.807) is 13.0 Å². The Hall–Kier alpha value is -0.820. The molecular weight excluding hydrogens is 172 g/mol. The van der Waals surface area contributed by atoms with Crippen LogP contribution < -0.4 is 0 Å². The molecule has 0 fully saturated rings. The van der Waals surface area contributed by atoms with Crippen LogP contribution in [0.2, 0.25) is 0 Å². The number of hydrogen-bond acceptors (Lipinski definition) is 1. The molecule has 1 atom stereocenters. The summed E-state index contributed by atoms with van der Waals surface area (Å²) in [6, 6.07) is 7.47. The number of hydrogen-bond donors (Lipinski definition) is 0. The van der Waals surface area contributed by atoms with Gasteiger partial charge in [0, 0.05) is 5.56 Å². The van der Waals surface area contributed by atoms with E-state index in [1.807, 2.05) is 25.1 Å². The number of carbonyl (C=O) groups excluding carboxylic acids is 1. The van der Waals surface area contributed by atoms with Gasteiger partial charge in [-0.15, -0.1) is 11.6 Å². The number of alkyl halides is 1. The van der Waals surface area contributed by atoms with Crippen molar-refractivity contribution < 1.29 is 4.79 Å². The zero-order valence-electron chi connectivity index (χ0n) is 7.17. The summed E-state index contributed by atoms with van der Waals surface area (Å²) < 4.78 is 0. The molecule has 0 aromatic heterocycles. The zero-order valence-corrected chi connectivity index (χ0v) is 7.93. The molecule has 1 aromatic carbocycles. The van der Waals surface area contributed by atoms with Gasteiger partial charge in [0.25, 0.3) is 0 Å². The Morgan fingerprint density at radius 2 is 2.00 bits per heavy atom. The van der Waals surface area contributed by atoms with Gasteiger partial charge in [0.05, 0.1) is 5.38 Å². The number of halogens is 1.